The predicted octanol–water partition coefficient (Wildman–Crippen LogP) is 2.30. The van der Waals surface area contributed by atoms with Crippen LogP contribution in [0.15, 0.2) is 24.3 Å². The SMILES string of the molecule is CCCCCS(=O)(=O)CC(=O)N1CCN(C(C(=O)OC)c2ccccc2Cl)CC1. The number of methoxy groups -OCH3 is 1. The zero-order valence-electron chi connectivity index (χ0n) is 17.0. The maximum Gasteiger partial charge on any atom is 0.327 e. The molecule has 1 aliphatic heterocycles. The van der Waals surface area contributed by atoms with Crippen molar-refractivity contribution in [2.24, 2.45) is 0 Å². The van der Waals surface area contributed by atoms with Gasteiger partial charge in [0.15, 0.2) is 9.84 Å². The molecule has 1 aliphatic rings. The first-order chi connectivity index (χ1) is 13.8. The standard InChI is InChI=1S/C20H29ClN2O5S/c1-3-4-7-14-29(26,27)15-18(24)22-10-12-23(13-11-22)19(20(25)28-2)16-8-5-6-9-17(16)21/h5-6,8-9,19H,3-4,7,10-15H2,1-2H3. The van der Waals surface area contributed by atoms with Crippen molar-refractivity contribution in [1.29, 1.82) is 0 Å². The minimum Gasteiger partial charge on any atom is -0.468 e. The molecule has 0 radical (unpaired) electrons. The molecular weight excluding hydrogens is 416 g/mol. The van der Waals surface area contributed by atoms with E-state index in [1.54, 1.807) is 29.2 Å². The number of ether oxygens (including phenoxy) is 1. The number of hydrogen-bond acceptors (Lipinski definition) is 6. The highest BCUT2D eigenvalue weighted by Crippen LogP contribution is 2.29. The maximum atomic E-state index is 12.5. The summed E-state index contributed by atoms with van der Waals surface area (Å²) in [6.07, 6.45) is 2.35. The molecule has 1 amide bonds. The van der Waals surface area contributed by atoms with E-state index in [0.29, 0.717) is 43.2 Å². The van der Waals surface area contributed by atoms with E-state index in [1.807, 2.05) is 11.8 Å². The number of halogens is 1. The van der Waals surface area contributed by atoms with Gasteiger partial charge < -0.3 is 9.64 Å². The molecule has 0 saturated carbocycles. The summed E-state index contributed by atoms with van der Waals surface area (Å²) in [5.74, 6) is -1.21. The van der Waals surface area contributed by atoms with Gasteiger partial charge in [0.05, 0.1) is 12.9 Å². The Morgan fingerprint density at radius 1 is 1.14 bits per heavy atom. The van der Waals surface area contributed by atoms with Crippen molar-refractivity contribution in [1.82, 2.24) is 9.80 Å². The van der Waals surface area contributed by atoms with Crippen LogP contribution in [-0.2, 0) is 24.2 Å². The fourth-order valence-corrected chi connectivity index (χ4v) is 5.02. The quantitative estimate of drug-likeness (QED) is 0.429. The molecule has 162 valence electrons. The maximum absolute atomic E-state index is 12.5. The fourth-order valence-electron chi connectivity index (χ4n) is 3.43. The average Bonchev–Trinajstić information content (AvgIpc) is 2.69. The van der Waals surface area contributed by atoms with E-state index >= 15 is 0 Å². The number of carbonyl (C=O) groups excluding carboxylic acids is 2. The molecule has 0 N–H and O–H groups in total. The summed E-state index contributed by atoms with van der Waals surface area (Å²) in [4.78, 5) is 28.3. The number of piperazine rings is 1. The van der Waals surface area contributed by atoms with Crippen molar-refractivity contribution in [3.05, 3.63) is 34.9 Å². The second kappa shape index (κ2) is 10.9. The molecule has 1 aromatic carbocycles. The normalized spacial score (nSPS) is 16.4. The van der Waals surface area contributed by atoms with Crippen molar-refractivity contribution >= 4 is 33.3 Å². The van der Waals surface area contributed by atoms with Gasteiger partial charge in [-0.15, -0.1) is 0 Å². The first-order valence-electron chi connectivity index (χ1n) is 9.83. The Kier molecular flexibility index (Phi) is 8.92. The minimum atomic E-state index is -3.39. The number of benzene rings is 1. The molecule has 9 heteroatoms. The molecule has 1 unspecified atom stereocenters. The predicted molar refractivity (Wildman–Crippen MR) is 113 cm³/mol. The lowest BCUT2D eigenvalue weighted by atomic mass is 10.0. The molecule has 1 saturated heterocycles. The molecule has 29 heavy (non-hydrogen) atoms. The number of rotatable bonds is 9. The summed E-state index contributed by atoms with van der Waals surface area (Å²) < 4.78 is 29.3. The lowest BCUT2D eigenvalue weighted by Gasteiger charge is -2.38. The summed E-state index contributed by atoms with van der Waals surface area (Å²) in [5, 5.41) is 0.472. The van der Waals surface area contributed by atoms with E-state index in [2.05, 4.69) is 0 Å². The molecule has 0 aromatic heterocycles. The van der Waals surface area contributed by atoms with Gasteiger partial charge in [-0.2, -0.15) is 0 Å². The van der Waals surface area contributed by atoms with Crippen LogP contribution in [0, 0.1) is 0 Å². The number of amides is 1. The fraction of sp³-hybridized carbons (Fsp3) is 0.600. The van der Waals surface area contributed by atoms with E-state index in [0.717, 1.165) is 12.8 Å². The summed E-state index contributed by atoms with van der Waals surface area (Å²) >= 11 is 6.28. The number of carbonyl (C=O) groups is 2. The van der Waals surface area contributed by atoms with Crippen molar-refractivity contribution in [2.45, 2.75) is 32.2 Å². The Balaban J connectivity index is 2.00. The molecule has 2 rings (SSSR count). The zero-order chi connectivity index (χ0) is 21.4. The number of unbranched alkanes of at least 4 members (excludes halogenated alkanes) is 2. The second-order valence-electron chi connectivity index (χ2n) is 7.16. The van der Waals surface area contributed by atoms with Crippen LogP contribution in [-0.4, -0.2) is 74.9 Å². The Morgan fingerprint density at radius 3 is 2.38 bits per heavy atom. The van der Waals surface area contributed by atoms with Crippen LogP contribution < -0.4 is 0 Å². The van der Waals surface area contributed by atoms with Crippen molar-refractivity contribution in [3.8, 4) is 0 Å². The van der Waals surface area contributed by atoms with Gasteiger partial charge in [-0.05, 0) is 18.1 Å². The van der Waals surface area contributed by atoms with Gasteiger partial charge in [0.2, 0.25) is 5.91 Å². The third-order valence-electron chi connectivity index (χ3n) is 5.06. The lowest BCUT2D eigenvalue weighted by Crippen LogP contribution is -2.52. The van der Waals surface area contributed by atoms with Crippen LogP contribution in [0.25, 0.3) is 0 Å². The molecule has 0 aliphatic carbocycles. The second-order valence-corrected chi connectivity index (χ2v) is 9.75. The topological polar surface area (TPSA) is 84.0 Å². The number of nitrogens with zero attached hydrogens (tertiary/aromatic N) is 2. The number of sulfone groups is 1. The Hall–Kier alpha value is -1.64. The highest BCUT2D eigenvalue weighted by Gasteiger charge is 2.34. The van der Waals surface area contributed by atoms with E-state index in [-0.39, 0.29) is 11.7 Å². The first kappa shape index (κ1) is 23.6. The number of hydrogen-bond donors (Lipinski definition) is 0. The van der Waals surface area contributed by atoms with Gasteiger partial charge >= 0.3 is 5.97 Å². The molecular formula is C20H29ClN2O5S. The van der Waals surface area contributed by atoms with Crippen LogP contribution in [0.3, 0.4) is 0 Å². The van der Waals surface area contributed by atoms with Crippen LogP contribution in [0.5, 0.6) is 0 Å². The number of esters is 1. The van der Waals surface area contributed by atoms with Crippen LogP contribution in [0.1, 0.15) is 37.8 Å². The van der Waals surface area contributed by atoms with Crippen molar-refractivity contribution < 1.29 is 22.7 Å². The molecule has 0 spiro atoms. The van der Waals surface area contributed by atoms with Gasteiger partial charge in [0.25, 0.3) is 0 Å². The van der Waals surface area contributed by atoms with Gasteiger partial charge in [-0.25, -0.2) is 13.2 Å². The minimum absolute atomic E-state index is 0.0451. The molecule has 1 atom stereocenters. The zero-order valence-corrected chi connectivity index (χ0v) is 18.5. The molecule has 7 nitrogen and oxygen atoms in total. The molecule has 1 heterocycles. The largest absolute Gasteiger partial charge is 0.468 e. The first-order valence-corrected chi connectivity index (χ1v) is 12.0. The molecule has 1 fully saturated rings. The van der Waals surface area contributed by atoms with Gasteiger partial charge in [-0.3, -0.25) is 9.69 Å². The van der Waals surface area contributed by atoms with Crippen LogP contribution >= 0.6 is 11.6 Å². The van der Waals surface area contributed by atoms with Crippen LogP contribution in [0.2, 0.25) is 5.02 Å². The van der Waals surface area contributed by atoms with E-state index in [1.165, 1.54) is 7.11 Å². The van der Waals surface area contributed by atoms with Gasteiger partial charge in [-0.1, -0.05) is 49.6 Å². The third-order valence-corrected chi connectivity index (χ3v) is 7.00. The average molecular weight is 445 g/mol. The molecule has 1 aromatic rings. The van der Waals surface area contributed by atoms with Gasteiger partial charge in [0, 0.05) is 31.2 Å². The van der Waals surface area contributed by atoms with E-state index in [9.17, 15) is 18.0 Å². The third kappa shape index (κ3) is 6.69. The van der Waals surface area contributed by atoms with E-state index < -0.39 is 27.6 Å². The molecule has 0 bridgehead atoms. The van der Waals surface area contributed by atoms with E-state index in [4.69, 9.17) is 16.3 Å². The Morgan fingerprint density at radius 2 is 1.79 bits per heavy atom. The summed E-state index contributed by atoms with van der Waals surface area (Å²) in [7, 11) is -2.07. The van der Waals surface area contributed by atoms with Crippen molar-refractivity contribution in [3.63, 3.8) is 0 Å². The highest BCUT2D eigenvalue weighted by molar-refractivity contribution is 7.92. The lowest BCUT2D eigenvalue weighted by molar-refractivity contribution is -0.148. The smallest absolute Gasteiger partial charge is 0.327 e. The highest BCUT2D eigenvalue weighted by atomic mass is 35.5. The summed E-state index contributed by atoms with van der Waals surface area (Å²) in [5.41, 5.74) is 0.652. The Labute approximate surface area is 177 Å². The Bertz CT molecular complexity index is 807. The van der Waals surface area contributed by atoms with Crippen molar-refractivity contribution in [2.75, 3.05) is 44.8 Å². The monoisotopic (exact) mass is 444 g/mol. The summed E-state index contributed by atoms with van der Waals surface area (Å²) in [6.45, 7) is 3.54. The summed E-state index contributed by atoms with van der Waals surface area (Å²) in [6, 6.07) is 6.43. The van der Waals surface area contributed by atoms with Crippen LogP contribution in [0.4, 0.5) is 0 Å². The van der Waals surface area contributed by atoms with Gasteiger partial charge in [0.1, 0.15) is 11.8 Å².